The summed E-state index contributed by atoms with van der Waals surface area (Å²) >= 11 is 0. The Bertz CT molecular complexity index is 824. The molecule has 2 aromatic carbocycles. The number of ether oxygens (including phenoxy) is 1. The average molecular weight is 349 g/mol. The fourth-order valence-electron chi connectivity index (χ4n) is 2.24. The van der Waals surface area contributed by atoms with Gasteiger partial charge in [0.1, 0.15) is 17.4 Å². The molecule has 0 aliphatic carbocycles. The Hall–Kier alpha value is -3.26. The SMILES string of the molecule is COc1ccc(NC(=O)/C(C#N)=C\Nc2ccc(C(C)(C)C)cc2)cc1. The molecule has 0 saturated carbocycles. The maximum Gasteiger partial charge on any atom is 0.267 e. The van der Waals surface area contributed by atoms with Gasteiger partial charge in [0.2, 0.25) is 0 Å². The molecule has 134 valence electrons. The number of carbonyl (C=O) groups excluding carboxylic acids is 1. The van der Waals surface area contributed by atoms with Gasteiger partial charge < -0.3 is 15.4 Å². The van der Waals surface area contributed by atoms with Gasteiger partial charge in [0.25, 0.3) is 5.91 Å². The van der Waals surface area contributed by atoms with Gasteiger partial charge in [-0.15, -0.1) is 0 Å². The highest BCUT2D eigenvalue weighted by molar-refractivity contribution is 6.06. The maximum absolute atomic E-state index is 12.2. The standard InChI is InChI=1S/C21H23N3O2/c1-21(2,3)16-5-7-17(8-6-16)23-14-15(13-22)20(25)24-18-9-11-19(26-4)12-10-18/h5-12,14,23H,1-4H3,(H,24,25)/b15-14-. The highest BCUT2D eigenvalue weighted by atomic mass is 16.5. The Labute approximate surface area is 154 Å². The summed E-state index contributed by atoms with van der Waals surface area (Å²) in [5.74, 6) is 0.218. The molecule has 5 heteroatoms. The van der Waals surface area contributed by atoms with Crippen LogP contribution in [-0.4, -0.2) is 13.0 Å². The number of nitrogens with zero attached hydrogens (tertiary/aromatic N) is 1. The number of carbonyl (C=O) groups is 1. The summed E-state index contributed by atoms with van der Waals surface area (Å²) in [6.07, 6.45) is 1.41. The molecule has 0 aliphatic rings. The summed E-state index contributed by atoms with van der Waals surface area (Å²) in [4.78, 5) is 12.2. The number of rotatable bonds is 5. The number of benzene rings is 2. The summed E-state index contributed by atoms with van der Waals surface area (Å²) in [5.41, 5.74) is 2.67. The summed E-state index contributed by atoms with van der Waals surface area (Å²) in [7, 11) is 1.57. The van der Waals surface area contributed by atoms with Crippen LogP contribution in [0, 0.1) is 11.3 Å². The summed E-state index contributed by atoms with van der Waals surface area (Å²) in [6, 6.07) is 16.7. The molecule has 0 atom stereocenters. The third kappa shape index (κ3) is 5.12. The molecule has 2 aromatic rings. The van der Waals surface area contributed by atoms with Gasteiger partial charge in [-0.3, -0.25) is 4.79 Å². The molecule has 2 N–H and O–H groups in total. The van der Waals surface area contributed by atoms with Crippen molar-refractivity contribution in [1.29, 1.82) is 5.26 Å². The second kappa shape index (κ2) is 8.21. The van der Waals surface area contributed by atoms with E-state index in [-0.39, 0.29) is 11.0 Å². The van der Waals surface area contributed by atoms with Crippen LogP contribution in [0.3, 0.4) is 0 Å². The van der Waals surface area contributed by atoms with Crippen molar-refractivity contribution in [2.24, 2.45) is 0 Å². The van der Waals surface area contributed by atoms with E-state index in [2.05, 4.69) is 31.4 Å². The van der Waals surface area contributed by atoms with E-state index in [0.29, 0.717) is 11.4 Å². The van der Waals surface area contributed by atoms with Crippen LogP contribution >= 0.6 is 0 Å². The van der Waals surface area contributed by atoms with Gasteiger partial charge >= 0.3 is 0 Å². The van der Waals surface area contributed by atoms with E-state index in [1.54, 1.807) is 31.4 Å². The van der Waals surface area contributed by atoms with Gasteiger partial charge in [-0.2, -0.15) is 5.26 Å². The molecule has 0 heterocycles. The van der Waals surface area contributed by atoms with Crippen molar-refractivity contribution in [2.45, 2.75) is 26.2 Å². The Balaban J connectivity index is 2.04. The predicted molar refractivity (Wildman–Crippen MR) is 104 cm³/mol. The van der Waals surface area contributed by atoms with E-state index in [1.165, 1.54) is 11.8 Å². The molecular formula is C21H23N3O2. The number of nitriles is 1. The topological polar surface area (TPSA) is 74.1 Å². The minimum absolute atomic E-state index is 0.0132. The molecular weight excluding hydrogens is 326 g/mol. The predicted octanol–water partition coefficient (Wildman–Crippen LogP) is 4.45. The first-order valence-corrected chi connectivity index (χ1v) is 8.26. The van der Waals surface area contributed by atoms with E-state index in [9.17, 15) is 10.1 Å². The van der Waals surface area contributed by atoms with Crippen molar-refractivity contribution in [1.82, 2.24) is 0 Å². The molecule has 1 amide bonds. The van der Waals surface area contributed by atoms with Crippen molar-refractivity contribution >= 4 is 17.3 Å². The highest BCUT2D eigenvalue weighted by Crippen LogP contribution is 2.23. The minimum atomic E-state index is -0.475. The molecule has 0 unspecified atom stereocenters. The van der Waals surface area contributed by atoms with Gasteiger partial charge in [0.15, 0.2) is 0 Å². The normalized spacial score (nSPS) is 11.4. The Morgan fingerprint density at radius 3 is 2.12 bits per heavy atom. The second-order valence-electron chi connectivity index (χ2n) is 6.82. The lowest BCUT2D eigenvalue weighted by molar-refractivity contribution is -0.112. The maximum atomic E-state index is 12.2. The summed E-state index contributed by atoms with van der Waals surface area (Å²) in [6.45, 7) is 6.44. The zero-order valence-electron chi connectivity index (χ0n) is 15.5. The fourth-order valence-corrected chi connectivity index (χ4v) is 2.24. The molecule has 2 rings (SSSR count). The van der Waals surface area contributed by atoms with Gasteiger partial charge in [0.05, 0.1) is 7.11 Å². The van der Waals surface area contributed by atoms with Crippen LogP contribution in [0.4, 0.5) is 11.4 Å². The van der Waals surface area contributed by atoms with Crippen LogP contribution < -0.4 is 15.4 Å². The first-order valence-electron chi connectivity index (χ1n) is 8.26. The van der Waals surface area contributed by atoms with E-state index < -0.39 is 5.91 Å². The van der Waals surface area contributed by atoms with Crippen molar-refractivity contribution < 1.29 is 9.53 Å². The summed E-state index contributed by atoms with van der Waals surface area (Å²) in [5, 5.41) is 14.9. The Morgan fingerprint density at radius 1 is 1.04 bits per heavy atom. The minimum Gasteiger partial charge on any atom is -0.497 e. The molecule has 0 bridgehead atoms. The molecule has 0 fully saturated rings. The van der Waals surface area contributed by atoms with Crippen molar-refractivity contribution in [3.63, 3.8) is 0 Å². The van der Waals surface area contributed by atoms with Gasteiger partial charge in [-0.25, -0.2) is 0 Å². The second-order valence-corrected chi connectivity index (χ2v) is 6.82. The van der Waals surface area contributed by atoms with Crippen LogP contribution in [-0.2, 0) is 10.2 Å². The first-order chi connectivity index (χ1) is 12.3. The van der Waals surface area contributed by atoms with Crippen LogP contribution in [0.25, 0.3) is 0 Å². The number of nitrogens with one attached hydrogen (secondary N) is 2. The molecule has 0 aromatic heterocycles. The molecule has 0 saturated heterocycles. The largest absolute Gasteiger partial charge is 0.497 e. The molecule has 26 heavy (non-hydrogen) atoms. The number of methoxy groups -OCH3 is 1. The highest BCUT2D eigenvalue weighted by Gasteiger charge is 2.13. The van der Waals surface area contributed by atoms with E-state index >= 15 is 0 Å². The first kappa shape index (κ1) is 19.1. The molecule has 0 spiro atoms. The zero-order valence-corrected chi connectivity index (χ0v) is 15.5. The lowest BCUT2D eigenvalue weighted by Crippen LogP contribution is -2.14. The molecule has 5 nitrogen and oxygen atoms in total. The van der Waals surface area contributed by atoms with Gasteiger partial charge in [0, 0.05) is 17.6 Å². The quantitative estimate of drug-likeness (QED) is 0.618. The number of hydrogen-bond acceptors (Lipinski definition) is 4. The van der Waals surface area contributed by atoms with Crippen molar-refractivity contribution in [3.8, 4) is 11.8 Å². The third-order valence-corrected chi connectivity index (χ3v) is 3.85. The average Bonchev–Trinajstić information content (AvgIpc) is 2.62. The number of amides is 1. The Kier molecular flexibility index (Phi) is 6.03. The lowest BCUT2D eigenvalue weighted by Gasteiger charge is -2.19. The smallest absolute Gasteiger partial charge is 0.267 e. The van der Waals surface area contributed by atoms with E-state index in [0.717, 1.165) is 5.69 Å². The fraction of sp³-hybridized carbons (Fsp3) is 0.238. The summed E-state index contributed by atoms with van der Waals surface area (Å²) < 4.78 is 5.07. The number of anilines is 2. The van der Waals surface area contributed by atoms with Gasteiger partial charge in [-0.1, -0.05) is 32.9 Å². The van der Waals surface area contributed by atoms with Crippen LogP contribution in [0.5, 0.6) is 5.75 Å². The molecule has 0 aliphatic heterocycles. The van der Waals surface area contributed by atoms with E-state index in [4.69, 9.17) is 4.74 Å². The molecule has 0 radical (unpaired) electrons. The lowest BCUT2D eigenvalue weighted by atomic mass is 9.87. The third-order valence-electron chi connectivity index (χ3n) is 3.85. The van der Waals surface area contributed by atoms with Crippen molar-refractivity contribution in [3.05, 3.63) is 65.9 Å². The van der Waals surface area contributed by atoms with Crippen LogP contribution in [0.1, 0.15) is 26.3 Å². The van der Waals surface area contributed by atoms with Crippen molar-refractivity contribution in [2.75, 3.05) is 17.7 Å². The number of hydrogen-bond donors (Lipinski definition) is 2. The van der Waals surface area contributed by atoms with Crippen LogP contribution in [0.15, 0.2) is 60.3 Å². The van der Waals surface area contributed by atoms with E-state index in [1.807, 2.05) is 30.3 Å². The van der Waals surface area contributed by atoms with Crippen LogP contribution in [0.2, 0.25) is 0 Å². The monoisotopic (exact) mass is 349 g/mol. The zero-order chi connectivity index (χ0) is 19.2. The van der Waals surface area contributed by atoms with Gasteiger partial charge in [-0.05, 0) is 47.4 Å². The Morgan fingerprint density at radius 2 is 1.62 bits per heavy atom.